The molecule has 92 heavy (non-hydrogen) atoms. The largest absolute Gasteiger partial charge is 0.254 e. The van der Waals surface area contributed by atoms with E-state index in [9.17, 15) is 0 Å². The normalized spacial score (nSPS) is 11.9. The summed E-state index contributed by atoms with van der Waals surface area (Å²) in [6, 6.07) is 75.5. The third-order valence-corrected chi connectivity index (χ3v) is 15.3. The number of hydrogen-bond acceptors (Lipinski definition) is 6. The first-order valence-corrected chi connectivity index (χ1v) is 30.4. The van der Waals surface area contributed by atoms with Crippen LogP contribution >= 0.6 is 0 Å². The van der Waals surface area contributed by atoms with Crippen molar-refractivity contribution in [3.05, 3.63) is 369 Å². The van der Waals surface area contributed by atoms with Crippen LogP contribution in [-0.2, 0) is 0 Å². The van der Waals surface area contributed by atoms with Gasteiger partial charge in [0.05, 0.1) is 34.2 Å². The first kappa shape index (κ1) is 59.9. The van der Waals surface area contributed by atoms with Crippen molar-refractivity contribution in [2.24, 2.45) is 0 Å². The molecule has 0 aliphatic heterocycles. The highest BCUT2D eigenvalue weighted by Crippen LogP contribution is 2.23. The molecule has 6 nitrogen and oxygen atoms in total. The lowest BCUT2D eigenvalue weighted by Gasteiger charge is -2.02. The van der Waals surface area contributed by atoms with Crippen LogP contribution in [0.5, 0.6) is 0 Å². The fourth-order valence-corrected chi connectivity index (χ4v) is 9.83. The molecule has 0 radical (unpaired) electrons. The van der Waals surface area contributed by atoms with Crippen LogP contribution in [0, 0.1) is 0 Å². The zero-order chi connectivity index (χ0) is 62.5. The monoisotopic (exact) mass is 1180 g/mol. The highest BCUT2D eigenvalue weighted by atomic mass is 14.8. The number of hydrogen-bond donors (Lipinski definition) is 0. The number of aromatic nitrogens is 6. The van der Waals surface area contributed by atoms with Crippen LogP contribution in [0.25, 0.3) is 144 Å². The zero-order valence-electron chi connectivity index (χ0n) is 50.7. The molecule has 0 bridgehead atoms. The van der Waals surface area contributed by atoms with Gasteiger partial charge in [-0.1, -0.05) is 305 Å². The molecule has 438 valence electrons. The van der Waals surface area contributed by atoms with Gasteiger partial charge in [0.25, 0.3) is 0 Å². The average molecular weight is 1180 g/mol. The molecule has 0 N–H and O–H groups in total. The molecule has 0 saturated carbocycles. The lowest BCUT2D eigenvalue weighted by molar-refractivity contribution is 1.24. The Morgan fingerprint density at radius 2 is 0.250 bits per heavy atom. The van der Waals surface area contributed by atoms with Crippen molar-refractivity contribution in [3.8, 4) is 34.2 Å². The van der Waals surface area contributed by atoms with Gasteiger partial charge in [-0.25, -0.2) is 0 Å². The van der Waals surface area contributed by atoms with Gasteiger partial charge in [-0.3, -0.25) is 29.9 Å². The predicted molar refractivity (Wildman–Crippen MR) is 393 cm³/mol. The predicted octanol–water partition coefficient (Wildman–Crippen LogP) is 21.7. The summed E-state index contributed by atoms with van der Waals surface area (Å²) in [6.45, 7) is 7.58. The maximum atomic E-state index is 4.73. The molecule has 6 heterocycles. The zero-order valence-corrected chi connectivity index (χ0v) is 50.7. The molecule has 0 fully saturated rings. The summed E-state index contributed by atoms with van der Waals surface area (Å²) in [5, 5.41) is 0. The molecule has 6 aromatic heterocycles. The fourth-order valence-electron chi connectivity index (χ4n) is 9.83. The molecule has 0 unspecified atom stereocenters. The molecule has 12 rings (SSSR count). The number of benzene rings is 6. The third kappa shape index (κ3) is 17.0. The molecule has 0 aliphatic carbocycles. The van der Waals surface area contributed by atoms with Gasteiger partial charge in [0.1, 0.15) is 0 Å². The molecule has 0 aliphatic rings. The van der Waals surface area contributed by atoms with E-state index in [1.54, 1.807) is 24.5 Å². The Kier molecular flexibility index (Phi) is 19.6. The van der Waals surface area contributed by atoms with E-state index >= 15 is 0 Å². The Morgan fingerprint density at radius 1 is 0.141 bits per heavy atom. The SMILES string of the molecule is C=Cc1ccc(-c2ccc(/C=C/c3ccc(/C=C/c4ccc(/C=C/c5ccc(/C=C/c6ccc(-c7ccc(/C=C/c8ccc(/C=C/c9ccc(/C=C/c%10ccc(/C=C/c%11ccc(-c%12ccc(C=C)cn%12)nc%11)cc%10)cc9)cc8)cn7)nc6)cc5)cc4)cc3)cn2)nc1. The highest BCUT2D eigenvalue weighted by molar-refractivity contribution is 5.79. The molecule has 0 spiro atoms. The van der Waals surface area contributed by atoms with Crippen LogP contribution in [0.15, 0.2) is 269 Å². The second-order valence-electron chi connectivity index (χ2n) is 21.9. The average Bonchev–Trinajstić information content (AvgIpc) is 2.61. The lowest BCUT2D eigenvalue weighted by Crippen LogP contribution is -1.88. The molecular formula is C86H64N6. The van der Waals surface area contributed by atoms with E-state index in [4.69, 9.17) is 9.97 Å². The second kappa shape index (κ2) is 30.0. The Morgan fingerprint density at radius 3 is 0.359 bits per heavy atom. The Bertz CT molecular complexity index is 4360. The van der Waals surface area contributed by atoms with Crippen LogP contribution in [0.4, 0.5) is 0 Å². The third-order valence-electron chi connectivity index (χ3n) is 15.3. The summed E-state index contributed by atoms with van der Waals surface area (Å²) in [7, 11) is 0. The van der Waals surface area contributed by atoms with Gasteiger partial charge >= 0.3 is 0 Å². The minimum Gasteiger partial charge on any atom is -0.254 e. The van der Waals surface area contributed by atoms with Crippen LogP contribution in [0.2, 0.25) is 0 Å². The first-order valence-electron chi connectivity index (χ1n) is 30.4. The smallest absolute Gasteiger partial charge is 0.0886 e. The van der Waals surface area contributed by atoms with E-state index in [1.807, 2.05) is 73.3 Å². The maximum absolute atomic E-state index is 4.73. The molecular weight excluding hydrogens is 1120 g/mol. The number of nitrogens with zero attached hydrogens (tertiary/aromatic N) is 6. The first-order chi connectivity index (χ1) is 45.4. The standard InChI is InChI=1S/C86H64N6/c1-3-63-45-51-81(87-57-63)83-53-47-77(59-89-83)41-37-73-29-21-69(22-30-73)17-13-65-5-9-67(10-6-65)15-19-71-25-33-75(34-26-71)39-43-79-49-55-85(91-61-79)86-56-50-80(62-92-86)44-40-76-35-27-72(28-36-76)20-16-68-11-7-66(8-12-68)14-18-70-23-31-74(32-24-70)38-42-78-48-54-84(90-60-78)82-52-46-64(4-2)58-88-82/h3-62H,1-2H2/b17-13+,18-14+,19-15+,20-16+,41-37+,42-38+,43-39+,44-40+. The van der Waals surface area contributed by atoms with Crippen LogP contribution < -0.4 is 0 Å². The summed E-state index contributed by atoms with van der Waals surface area (Å²) in [5.74, 6) is 0. The van der Waals surface area contributed by atoms with Gasteiger partial charge < -0.3 is 0 Å². The Balaban J connectivity index is 0.550. The van der Waals surface area contributed by atoms with E-state index in [0.29, 0.717) is 0 Å². The van der Waals surface area contributed by atoms with E-state index in [1.165, 1.54) is 0 Å². The quantitative estimate of drug-likeness (QED) is 0.0667. The number of rotatable bonds is 21. The topological polar surface area (TPSA) is 77.3 Å². The molecule has 12 aromatic rings. The van der Waals surface area contributed by atoms with Gasteiger partial charge in [-0.15, -0.1) is 0 Å². The summed E-state index contributed by atoms with van der Waals surface area (Å²) in [6.07, 6.45) is 48.6. The summed E-state index contributed by atoms with van der Waals surface area (Å²) in [4.78, 5) is 27.6. The van der Waals surface area contributed by atoms with Gasteiger partial charge in [-0.05, 0) is 137 Å². The second-order valence-corrected chi connectivity index (χ2v) is 21.9. The van der Waals surface area contributed by atoms with Crippen molar-refractivity contribution in [2.75, 3.05) is 0 Å². The van der Waals surface area contributed by atoms with E-state index in [2.05, 4.69) is 300 Å². The van der Waals surface area contributed by atoms with E-state index in [-0.39, 0.29) is 0 Å². The number of pyridine rings is 6. The van der Waals surface area contributed by atoms with Gasteiger partial charge in [0.15, 0.2) is 0 Å². The van der Waals surface area contributed by atoms with Crippen molar-refractivity contribution in [1.29, 1.82) is 0 Å². The van der Waals surface area contributed by atoms with E-state index in [0.717, 1.165) is 134 Å². The maximum Gasteiger partial charge on any atom is 0.0886 e. The minimum atomic E-state index is 0.829. The van der Waals surface area contributed by atoms with Crippen molar-refractivity contribution < 1.29 is 0 Å². The Labute approximate surface area is 539 Å². The molecule has 0 atom stereocenters. The van der Waals surface area contributed by atoms with Crippen molar-refractivity contribution in [2.45, 2.75) is 0 Å². The van der Waals surface area contributed by atoms with Crippen LogP contribution in [-0.4, -0.2) is 29.9 Å². The van der Waals surface area contributed by atoms with E-state index < -0.39 is 0 Å². The summed E-state index contributed by atoms with van der Waals surface area (Å²) >= 11 is 0. The summed E-state index contributed by atoms with van der Waals surface area (Å²) in [5.41, 5.74) is 24.7. The minimum absolute atomic E-state index is 0.829. The van der Waals surface area contributed by atoms with Crippen LogP contribution in [0.3, 0.4) is 0 Å². The molecule has 0 saturated heterocycles. The highest BCUT2D eigenvalue weighted by Gasteiger charge is 2.05. The van der Waals surface area contributed by atoms with Crippen molar-refractivity contribution >= 4 is 109 Å². The van der Waals surface area contributed by atoms with Crippen LogP contribution in [0.1, 0.15) is 100 Å². The van der Waals surface area contributed by atoms with Gasteiger partial charge in [0, 0.05) is 37.2 Å². The fraction of sp³-hybridized carbons (Fsp3) is 0. The lowest BCUT2D eigenvalue weighted by atomic mass is 10.1. The molecule has 0 amide bonds. The van der Waals surface area contributed by atoms with Crippen molar-refractivity contribution in [3.63, 3.8) is 0 Å². The molecule has 6 heteroatoms. The Hall–Kier alpha value is -12.4. The van der Waals surface area contributed by atoms with Gasteiger partial charge in [0.2, 0.25) is 0 Å². The van der Waals surface area contributed by atoms with Gasteiger partial charge in [-0.2, -0.15) is 0 Å². The molecule has 6 aromatic carbocycles. The van der Waals surface area contributed by atoms with Crippen molar-refractivity contribution in [1.82, 2.24) is 29.9 Å². The summed E-state index contributed by atoms with van der Waals surface area (Å²) < 4.78 is 0.